The maximum atomic E-state index is 13.4. The number of esters is 1. The van der Waals surface area contributed by atoms with E-state index < -0.39 is 72.6 Å². The standard InChI is InChI=1S/C28H42N6O10/c1-17(35)44-22-11-3-2-8-18(22)25(39)33-20(10-5-7-15-30)27(41)34-19(9-4-6-14-29)26(40)31-16-23(36)32-21(28(42)43)12-13-24(37)38/h2-3,8,11,19-21H,4-7,9-10,12-16,29-30H2,1H3,(H,31,40)(H,32,36)(H,33,39)(H,34,41)(H,37,38)(H,42,43)/t19-,20-,21-/m0/s1. The van der Waals surface area contributed by atoms with Crippen LogP contribution in [0.2, 0.25) is 0 Å². The summed E-state index contributed by atoms with van der Waals surface area (Å²) in [6, 6.07) is 2.28. The normalized spacial score (nSPS) is 12.6. The lowest BCUT2D eigenvalue weighted by Crippen LogP contribution is -2.55. The minimum absolute atomic E-state index is 0.00373. The first-order chi connectivity index (χ1) is 20.9. The molecule has 16 heteroatoms. The third-order valence-electron chi connectivity index (χ3n) is 6.24. The zero-order valence-corrected chi connectivity index (χ0v) is 24.6. The number of carboxylic acids is 2. The zero-order chi connectivity index (χ0) is 33.1. The van der Waals surface area contributed by atoms with Gasteiger partial charge in [-0.05, 0) is 70.2 Å². The highest BCUT2D eigenvalue weighted by atomic mass is 16.5. The van der Waals surface area contributed by atoms with Gasteiger partial charge in [-0.3, -0.25) is 28.8 Å². The van der Waals surface area contributed by atoms with Gasteiger partial charge >= 0.3 is 17.9 Å². The van der Waals surface area contributed by atoms with Crippen LogP contribution in [0.15, 0.2) is 24.3 Å². The molecule has 1 aromatic carbocycles. The molecule has 0 aliphatic rings. The van der Waals surface area contributed by atoms with E-state index in [-0.39, 0.29) is 30.6 Å². The number of nitrogens with two attached hydrogens (primary N) is 2. The van der Waals surface area contributed by atoms with Gasteiger partial charge in [0.15, 0.2) is 0 Å². The molecule has 0 bridgehead atoms. The molecule has 44 heavy (non-hydrogen) atoms. The molecule has 4 amide bonds. The summed E-state index contributed by atoms with van der Waals surface area (Å²) in [7, 11) is 0. The third-order valence-corrected chi connectivity index (χ3v) is 6.24. The second-order valence-electron chi connectivity index (χ2n) is 9.85. The molecule has 0 aliphatic carbocycles. The van der Waals surface area contributed by atoms with Gasteiger partial charge < -0.3 is 47.7 Å². The summed E-state index contributed by atoms with van der Waals surface area (Å²) in [4.78, 5) is 85.3. The summed E-state index contributed by atoms with van der Waals surface area (Å²) >= 11 is 0. The van der Waals surface area contributed by atoms with E-state index in [9.17, 15) is 38.7 Å². The summed E-state index contributed by atoms with van der Waals surface area (Å²) in [6.07, 6.45) is 1.48. The molecule has 0 fully saturated rings. The van der Waals surface area contributed by atoms with Gasteiger partial charge in [-0.15, -0.1) is 0 Å². The van der Waals surface area contributed by atoms with Crippen LogP contribution in [0.25, 0.3) is 0 Å². The topological polar surface area (TPSA) is 269 Å². The number of nitrogens with one attached hydrogen (secondary N) is 4. The fraction of sp³-hybridized carbons (Fsp3) is 0.536. The molecule has 0 heterocycles. The highest BCUT2D eigenvalue weighted by molar-refractivity contribution is 6.00. The minimum Gasteiger partial charge on any atom is -0.481 e. The van der Waals surface area contributed by atoms with E-state index in [4.69, 9.17) is 21.3 Å². The molecule has 0 saturated heterocycles. The molecular formula is C28H42N6O10. The molecule has 0 saturated carbocycles. The largest absolute Gasteiger partial charge is 0.481 e. The number of carboxylic acid groups (broad SMARTS) is 2. The van der Waals surface area contributed by atoms with Crippen molar-refractivity contribution in [2.45, 2.75) is 76.4 Å². The van der Waals surface area contributed by atoms with Crippen LogP contribution in [0.5, 0.6) is 5.75 Å². The number of hydrogen-bond acceptors (Lipinski definition) is 10. The summed E-state index contributed by atoms with van der Waals surface area (Å²) < 4.78 is 5.09. The highest BCUT2D eigenvalue weighted by Gasteiger charge is 2.28. The average Bonchev–Trinajstić information content (AvgIpc) is 2.96. The number of amides is 4. The predicted octanol–water partition coefficient (Wildman–Crippen LogP) is -0.996. The van der Waals surface area contributed by atoms with Crippen LogP contribution in [0.4, 0.5) is 0 Å². The van der Waals surface area contributed by atoms with E-state index in [1.54, 1.807) is 12.1 Å². The van der Waals surface area contributed by atoms with Crippen molar-refractivity contribution in [2.75, 3.05) is 19.6 Å². The molecule has 1 rings (SSSR count). The van der Waals surface area contributed by atoms with Crippen LogP contribution in [0, 0.1) is 0 Å². The van der Waals surface area contributed by atoms with Crippen molar-refractivity contribution in [3.63, 3.8) is 0 Å². The Morgan fingerprint density at radius 3 is 1.91 bits per heavy atom. The quantitative estimate of drug-likeness (QED) is 0.0466. The van der Waals surface area contributed by atoms with Crippen molar-refractivity contribution in [2.24, 2.45) is 11.5 Å². The van der Waals surface area contributed by atoms with E-state index >= 15 is 0 Å². The smallest absolute Gasteiger partial charge is 0.326 e. The van der Waals surface area contributed by atoms with Gasteiger partial charge in [-0.2, -0.15) is 0 Å². The lowest BCUT2D eigenvalue weighted by atomic mass is 10.0. The summed E-state index contributed by atoms with van der Waals surface area (Å²) in [6.45, 7) is 1.23. The Bertz CT molecular complexity index is 1160. The Balaban J connectivity index is 3.01. The van der Waals surface area contributed by atoms with Crippen LogP contribution in [-0.4, -0.2) is 89.5 Å². The number of benzene rings is 1. The molecule has 10 N–H and O–H groups in total. The number of carbonyl (C=O) groups is 7. The van der Waals surface area contributed by atoms with Gasteiger partial charge in [0.25, 0.3) is 5.91 Å². The van der Waals surface area contributed by atoms with Crippen LogP contribution < -0.4 is 37.5 Å². The Morgan fingerprint density at radius 1 is 0.773 bits per heavy atom. The Hall–Kier alpha value is -4.57. The maximum absolute atomic E-state index is 13.4. The fourth-order valence-electron chi connectivity index (χ4n) is 3.99. The van der Waals surface area contributed by atoms with Gasteiger partial charge in [0.2, 0.25) is 17.7 Å². The minimum atomic E-state index is -1.47. The predicted molar refractivity (Wildman–Crippen MR) is 156 cm³/mol. The molecular weight excluding hydrogens is 580 g/mol. The number of para-hydroxylation sites is 1. The Labute approximate surface area is 254 Å². The average molecular weight is 623 g/mol. The van der Waals surface area contributed by atoms with Crippen LogP contribution in [0.1, 0.15) is 68.6 Å². The number of aliphatic carboxylic acids is 2. The Kier molecular flexibility index (Phi) is 17.3. The van der Waals surface area contributed by atoms with Crippen molar-refractivity contribution < 1.29 is 48.5 Å². The van der Waals surface area contributed by atoms with E-state index in [1.165, 1.54) is 19.1 Å². The van der Waals surface area contributed by atoms with E-state index in [1.807, 2.05) is 0 Å². The number of unbranched alkanes of at least 4 members (excludes halogenated alkanes) is 2. The second-order valence-corrected chi connectivity index (χ2v) is 9.85. The van der Waals surface area contributed by atoms with Gasteiger partial charge in [0.1, 0.15) is 23.9 Å². The van der Waals surface area contributed by atoms with E-state index in [0.717, 1.165) is 0 Å². The molecule has 0 radical (unpaired) electrons. The van der Waals surface area contributed by atoms with Crippen molar-refractivity contribution in [1.29, 1.82) is 0 Å². The third kappa shape index (κ3) is 14.6. The first kappa shape index (κ1) is 37.5. The first-order valence-electron chi connectivity index (χ1n) is 14.2. The van der Waals surface area contributed by atoms with Gasteiger partial charge in [0.05, 0.1) is 12.1 Å². The summed E-state index contributed by atoms with van der Waals surface area (Å²) in [5.74, 6) is -6.29. The summed E-state index contributed by atoms with van der Waals surface area (Å²) in [5, 5.41) is 27.7. The lowest BCUT2D eigenvalue weighted by Gasteiger charge is -2.24. The molecule has 0 aromatic heterocycles. The number of ether oxygens (including phenoxy) is 1. The van der Waals surface area contributed by atoms with Crippen molar-refractivity contribution >= 4 is 41.5 Å². The van der Waals surface area contributed by atoms with E-state index in [2.05, 4.69) is 21.3 Å². The highest BCUT2D eigenvalue weighted by Crippen LogP contribution is 2.18. The molecule has 3 atom stereocenters. The maximum Gasteiger partial charge on any atom is 0.326 e. The van der Waals surface area contributed by atoms with Crippen LogP contribution in [-0.2, 0) is 28.8 Å². The SMILES string of the molecule is CC(=O)Oc1ccccc1C(=O)N[C@@H](CCCCN)C(=O)N[C@@H](CCCCN)C(=O)NCC(=O)N[C@@H](CCC(=O)O)C(=O)O. The van der Waals surface area contributed by atoms with Crippen molar-refractivity contribution in [3.05, 3.63) is 29.8 Å². The molecule has 0 spiro atoms. The second kappa shape index (κ2) is 20.4. The molecule has 16 nitrogen and oxygen atoms in total. The van der Waals surface area contributed by atoms with Crippen LogP contribution >= 0.6 is 0 Å². The number of carbonyl (C=O) groups excluding carboxylic acids is 5. The molecule has 1 aromatic rings. The number of rotatable bonds is 21. The monoisotopic (exact) mass is 622 g/mol. The molecule has 244 valence electrons. The first-order valence-corrected chi connectivity index (χ1v) is 14.2. The summed E-state index contributed by atoms with van der Waals surface area (Å²) in [5.41, 5.74) is 11.2. The van der Waals surface area contributed by atoms with Crippen molar-refractivity contribution in [3.8, 4) is 5.75 Å². The lowest BCUT2D eigenvalue weighted by molar-refractivity contribution is -0.143. The van der Waals surface area contributed by atoms with Gasteiger partial charge in [0, 0.05) is 13.3 Å². The number of hydrogen-bond donors (Lipinski definition) is 8. The van der Waals surface area contributed by atoms with Gasteiger partial charge in [-0.25, -0.2) is 4.79 Å². The molecule has 0 unspecified atom stereocenters. The van der Waals surface area contributed by atoms with E-state index in [0.29, 0.717) is 38.8 Å². The van der Waals surface area contributed by atoms with Gasteiger partial charge in [-0.1, -0.05) is 12.1 Å². The Morgan fingerprint density at radius 2 is 1.36 bits per heavy atom. The van der Waals surface area contributed by atoms with Crippen LogP contribution in [0.3, 0.4) is 0 Å². The zero-order valence-electron chi connectivity index (χ0n) is 24.6. The van der Waals surface area contributed by atoms with Crippen molar-refractivity contribution in [1.82, 2.24) is 21.3 Å². The molecule has 0 aliphatic heterocycles. The fourth-order valence-corrected chi connectivity index (χ4v) is 3.99.